The van der Waals surface area contributed by atoms with Crippen molar-refractivity contribution in [2.75, 3.05) is 0 Å². The van der Waals surface area contributed by atoms with E-state index in [1.165, 1.54) is 12.1 Å². The van der Waals surface area contributed by atoms with Gasteiger partial charge in [-0.3, -0.25) is 4.79 Å². The largest absolute Gasteiger partial charge is 0.407 e. The van der Waals surface area contributed by atoms with E-state index in [-0.39, 0.29) is 23.6 Å². The van der Waals surface area contributed by atoms with Gasteiger partial charge in [-0.2, -0.15) is 13.2 Å². The predicted molar refractivity (Wildman–Crippen MR) is 123 cm³/mol. The molecule has 172 valence electrons. The predicted octanol–water partition coefficient (Wildman–Crippen LogP) is 7.56. The minimum Gasteiger partial charge on any atom is -0.335 e. The van der Waals surface area contributed by atoms with Crippen molar-refractivity contribution in [2.45, 2.75) is 32.0 Å². The number of halogens is 4. The van der Waals surface area contributed by atoms with Crippen molar-refractivity contribution in [1.82, 2.24) is 4.57 Å². The van der Waals surface area contributed by atoms with Gasteiger partial charge in [-0.05, 0) is 43.2 Å². The first-order chi connectivity index (χ1) is 16.0. The monoisotopic (exact) mass is 464 g/mol. The van der Waals surface area contributed by atoms with Gasteiger partial charge in [-0.25, -0.2) is 9.24 Å². The highest BCUT2D eigenvalue weighted by Gasteiger charge is 2.35. The van der Waals surface area contributed by atoms with Crippen LogP contribution in [-0.2, 0) is 22.9 Å². The quantitative estimate of drug-likeness (QED) is 0.221. The van der Waals surface area contributed by atoms with Crippen molar-refractivity contribution in [2.24, 2.45) is 0 Å². The average molecular weight is 464 g/mol. The Bertz CT molecular complexity index is 1430. The van der Waals surface area contributed by atoms with Gasteiger partial charge in [0.05, 0.1) is 17.7 Å². The fourth-order valence-corrected chi connectivity index (χ4v) is 4.03. The molecule has 0 atom stereocenters. The van der Waals surface area contributed by atoms with Crippen LogP contribution in [0.25, 0.3) is 26.9 Å². The number of alkyl halides is 3. The fourth-order valence-electron chi connectivity index (χ4n) is 4.03. The van der Waals surface area contributed by atoms with E-state index in [1.807, 2.05) is 6.07 Å². The van der Waals surface area contributed by atoms with Crippen LogP contribution in [0.4, 0.5) is 23.2 Å². The third-order valence-corrected chi connectivity index (χ3v) is 6.00. The molecule has 4 aromatic rings. The SMILES string of the molecule is [C-]#[N+]c1ccc(CC(=O)C(C)(C)n2ccc3cc(F)c(-c4ccccc4)cc32)cc1C(F)(F)F. The van der Waals surface area contributed by atoms with Gasteiger partial charge in [0, 0.05) is 29.1 Å². The maximum Gasteiger partial charge on any atom is 0.407 e. The highest BCUT2D eigenvalue weighted by atomic mass is 19.4. The van der Waals surface area contributed by atoms with E-state index >= 15 is 0 Å². The summed E-state index contributed by atoms with van der Waals surface area (Å²) < 4.78 is 56.5. The summed E-state index contributed by atoms with van der Waals surface area (Å²) in [7, 11) is 0. The van der Waals surface area contributed by atoms with Gasteiger partial charge in [0.2, 0.25) is 0 Å². The minimum atomic E-state index is -4.69. The smallest absolute Gasteiger partial charge is 0.335 e. The lowest BCUT2D eigenvalue weighted by Crippen LogP contribution is -2.36. The number of rotatable bonds is 5. The molecule has 0 bridgehead atoms. The van der Waals surface area contributed by atoms with E-state index in [0.29, 0.717) is 22.0 Å². The van der Waals surface area contributed by atoms with Crippen LogP contribution in [0.5, 0.6) is 0 Å². The van der Waals surface area contributed by atoms with Crippen molar-refractivity contribution < 1.29 is 22.4 Å². The zero-order valence-corrected chi connectivity index (χ0v) is 18.4. The van der Waals surface area contributed by atoms with E-state index in [4.69, 9.17) is 6.57 Å². The second kappa shape index (κ2) is 8.45. The summed E-state index contributed by atoms with van der Waals surface area (Å²) in [5, 5.41) is 0.610. The van der Waals surface area contributed by atoms with Crippen molar-refractivity contribution in [3.63, 3.8) is 0 Å². The number of fused-ring (bicyclic) bond motifs is 1. The maximum absolute atomic E-state index is 14.8. The summed E-state index contributed by atoms with van der Waals surface area (Å²) in [5.41, 5.74) is -0.790. The lowest BCUT2D eigenvalue weighted by molar-refractivity contribution is -0.137. The normalized spacial score (nSPS) is 12.0. The molecule has 0 amide bonds. The average Bonchev–Trinajstić information content (AvgIpc) is 3.21. The zero-order valence-electron chi connectivity index (χ0n) is 18.4. The van der Waals surface area contributed by atoms with Crippen LogP contribution in [0.2, 0.25) is 0 Å². The van der Waals surface area contributed by atoms with Crippen molar-refractivity contribution in [3.05, 3.63) is 101 Å². The Balaban J connectivity index is 1.72. The molecule has 3 nitrogen and oxygen atoms in total. The molecule has 7 heteroatoms. The molecule has 0 aliphatic heterocycles. The molecular weight excluding hydrogens is 444 g/mol. The Morgan fingerprint density at radius 3 is 2.35 bits per heavy atom. The molecular formula is C27H20F4N2O. The van der Waals surface area contributed by atoms with E-state index in [0.717, 1.165) is 12.1 Å². The molecule has 0 aliphatic carbocycles. The second-order valence-electron chi connectivity index (χ2n) is 8.56. The number of Topliss-reactive ketones (excluding diaryl/α,β-unsaturated/α-hetero) is 1. The van der Waals surface area contributed by atoms with Crippen molar-refractivity contribution >= 4 is 22.4 Å². The summed E-state index contributed by atoms with van der Waals surface area (Å²) in [6, 6.07) is 17.1. The number of nitrogens with zero attached hydrogens (tertiary/aromatic N) is 2. The number of ketones is 1. The topological polar surface area (TPSA) is 26.4 Å². The summed E-state index contributed by atoms with van der Waals surface area (Å²) in [4.78, 5) is 16.2. The first-order valence-electron chi connectivity index (χ1n) is 10.5. The molecule has 0 radical (unpaired) electrons. The van der Waals surface area contributed by atoms with Crippen LogP contribution in [0, 0.1) is 12.4 Å². The van der Waals surface area contributed by atoms with Crippen LogP contribution in [-0.4, -0.2) is 10.4 Å². The van der Waals surface area contributed by atoms with Gasteiger partial charge in [0.1, 0.15) is 5.82 Å². The lowest BCUT2D eigenvalue weighted by Gasteiger charge is -2.27. The van der Waals surface area contributed by atoms with Gasteiger partial charge < -0.3 is 4.57 Å². The summed E-state index contributed by atoms with van der Waals surface area (Å²) >= 11 is 0. The van der Waals surface area contributed by atoms with Gasteiger partial charge in [-0.15, -0.1) is 0 Å². The summed E-state index contributed by atoms with van der Waals surface area (Å²) in [6.07, 6.45) is -3.26. The summed E-state index contributed by atoms with van der Waals surface area (Å²) in [5.74, 6) is -0.709. The number of carbonyl (C=O) groups excluding carboxylic acids is 1. The number of carbonyl (C=O) groups is 1. The number of benzene rings is 3. The molecule has 4 rings (SSSR count). The molecule has 0 saturated carbocycles. The zero-order chi connectivity index (χ0) is 24.7. The molecule has 3 aromatic carbocycles. The summed E-state index contributed by atoms with van der Waals surface area (Å²) in [6.45, 7) is 10.3. The van der Waals surface area contributed by atoms with Crippen molar-refractivity contribution in [1.29, 1.82) is 0 Å². The van der Waals surface area contributed by atoms with Gasteiger partial charge >= 0.3 is 6.18 Å². The standard InChI is InChI=1S/C27H20F4N2O/c1-26(2,25(34)14-17-9-10-23(32-3)21(13-17)27(29,30)31)33-12-11-19-15-22(28)20(16-24(19)33)18-7-5-4-6-8-18/h4-13,15-16H,14H2,1-2H3. The van der Waals surface area contributed by atoms with Crippen LogP contribution in [0.3, 0.4) is 0 Å². The third kappa shape index (κ3) is 4.19. The number of hydrogen-bond acceptors (Lipinski definition) is 1. The van der Waals surface area contributed by atoms with Gasteiger partial charge in [0.25, 0.3) is 0 Å². The van der Waals surface area contributed by atoms with E-state index in [1.54, 1.807) is 61.0 Å². The lowest BCUT2D eigenvalue weighted by atomic mass is 9.92. The van der Waals surface area contributed by atoms with Crippen LogP contribution < -0.4 is 0 Å². The molecule has 0 aliphatic rings. The molecule has 34 heavy (non-hydrogen) atoms. The van der Waals surface area contributed by atoms with Gasteiger partial charge in [-0.1, -0.05) is 48.5 Å². The number of hydrogen-bond donors (Lipinski definition) is 0. The highest BCUT2D eigenvalue weighted by Crippen LogP contribution is 2.38. The molecule has 0 fully saturated rings. The maximum atomic E-state index is 14.8. The molecule has 0 unspecified atom stereocenters. The Morgan fingerprint density at radius 2 is 1.71 bits per heavy atom. The number of aromatic nitrogens is 1. The van der Waals surface area contributed by atoms with Crippen LogP contribution >= 0.6 is 0 Å². The van der Waals surface area contributed by atoms with Crippen molar-refractivity contribution in [3.8, 4) is 11.1 Å². The minimum absolute atomic E-state index is 0.172. The molecule has 0 N–H and O–H groups in total. The molecule has 1 heterocycles. The first-order valence-corrected chi connectivity index (χ1v) is 10.5. The Kier molecular flexibility index (Phi) is 5.78. The third-order valence-electron chi connectivity index (χ3n) is 6.00. The molecule has 0 saturated heterocycles. The Hall–Kier alpha value is -3.92. The van der Waals surface area contributed by atoms with E-state index < -0.39 is 23.0 Å². The first kappa shape index (κ1) is 23.2. The van der Waals surface area contributed by atoms with Crippen LogP contribution in [0.15, 0.2) is 72.9 Å². The van der Waals surface area contributed by atoms with E-state index in [2.05, 4.69) is 4.85 Å². The molecule has 0 spiro atoms. The van der Waals surface area contributed by atoms with Gasteiger partial charge in [0.15, 0.2) is 11.5 Å². The highest BCUT2D eigenvalue weighted by molar-refractivity contribution is 5.92. The molecule has 1 aromatic heterocycles. The second-order valence-corrected chi connectivity index (χ2v) is 8.56. The fraction of sp³-hybridized carbons (Fsp3) is 0.185. The van der Waals surface area contributed by atoms with E-state index in [9.17, 15) is 22.4 Å². The Morgan fingerprint density at radius 1 is 1.00 bits per heavy atom. The van der Waals surface area contributed by atoms with Crippen LogP contribution in [0.1, 0.15) is 25.0 Å². The Labute approximate surface area is 194 Å².